The number of rotatable bonds is 6. The van der Waals surface area contributed by atoms with Crippen molar-refractivity contribution in [2.24, 2.45) is 5.73 Å². The number of fused-ring (bicyclic) bond motifs is 3. The second-order valence-corrected chi connectivity index (χ2v) is 7.47. The number of aromatic nitrogens is 1. The van der Waals surface area contributed by atoms with Crippen molar-refractivity contribution in [1.29, 1.82) is 0 Å². The van der Waals surface area contributed by atoms with E-state index in [1.165, 1.54) is 0 Å². The third-order valence-corrected chi connectivity index (χ3v) is 5.44. The van der Waals surface area contributed by atoms with Crippen molar-refractivity contribution >= 4 is 27.7 Å². The summed E-state index contributed by atoms with van der Waals surface area (Å²) in [6, 6.07) is 12.6. The van der Waals surface area contributed by atoms with Gasteiger partial charge in [0, 0.05) is 33.5 Å². The average Bonchev–Trinajstić information content (AvgIpc) is 3.03. The lowest BCUT2D eigenvalue weighted by Crippen LogP contribution is -2.11. The van der Waals surface area contributed by atoms with Gasteiger partial charge in [0.1, 0.15) is 5.82 Å². The van der Waals surface area contributed by atoms with E-state index in [9.17, 15) is 18.0 Å². The minimum absolute atomic E-state index is 0.0834. The lowest BCUT2D eigenvalue weighted by Gasteiger charge is -2.10. The molecule has 1 heterocycles. The van der Waals surface area contributed by atoms with E-state index in [4.69, 9.17) is 5.73 Å². The first-order valence-electron chi connectivity index (χ1n) is 9.87. The van der Waals surface area contributed by atoms with Gasteiger partial charge in [0.2, 0.25) is 5.91 Å². The highest BCUT2D eigenvalue weighted by Gasteiger charge is 2.19. The molecule has 1 aromatic heterocycles. The summed E-state index contributed by atoms with van der Waals surface area (Å²) in [4.78, 5) is 12.0. The zero-order chi connectivity index (χ0) is 21.4. The Morgan fingerprint density at radius 1 is 1.03 bits per heavy atom. The van der Waals surface area contributed by atoms with Gasteiger partial charge in [-0.15, -0.1) is 0 Å². The number of carbonyl (C=O) groups excluding carboxylic acids is 1. The number of unbranched alkanes of at least 4 members (excludes halogenated alkanes) is 1. The molecule has 30 heavy (non-hydrogen) atoms. The Kier molecular flexibility index (Phi) is 5.24. The Hall–Kier alpha value is -3.28. The molecule has 0 atom stereocenters. The summed E-state index contributed by atoms with van der Waals surface area (Å²) in [5, 5.41) is 1.44. The molecule has 0 aliphatic heterocycles. The summed E-state index contributed by atoms with van der Waals surface area (Å²) in [6.45, 7) is 2.02. The van der Waals surface area contributed by atoms with E-state index in [2.05, 4.69) is 6.92 Å². The van der Waals surface area contributed by atoms with Gasteiger partial charge in [-0.1, -0.05) is 31.5 Å². The third kappa shape index (κ3) is 3.43. The molecule has 0 spiro atoms. The maximum Gasteiger partial charge on any atom is 0.249 e. The fraction of sp³-hybridized carbons (Fsp3) is 0.208. The van der Waals surface area contributed by atoms with Gasteiger partial charge in [-0.2, -0.15) is 0 Å². The molecular weight excluding hydrogens is 389 g/mol. The summed E-state index contributed by atoms with van der Waals surface area (Å²) in [5.74, 6) is -3.73. The van der Waals surface area contributed by atoms with Crippen molar-refractivity contribution in [2.75, 3.05) is 0 Å². The second kappa shape index (κ2) is 7.86. The summed E-state index contributed by atoms with van der Waals surface area (Å²) < 4.78 is 43.7. The van der Waals surface area contributed by atoms with Crippen LogP contribution in [-0.4, -0.2) is 10.5 Å². The molecule has 0 saturated heterocycles. The van der Waals surface area contributed by atoms with Crippen molar-refractivity contribution in [3.8, 4) is 0 Å². The van der Waals surface area contributed by atoms with Crippen molar-refractivity contribution < 1.29 is 18.0 Å². The molecule has 0 radical (unpaired) electrons. The van der Waals surface area contributed by atoms with E-state index < -0.39 is 23.4 Å². The minimum atomic E-state index is -1.23. The van der Waals surface area contributed by atoms with Crippen LogP contribution in [0.5, 0.6) is 0 Å². The Bertz CT molecular complexity index is 1280. The molecule has 3 aromatic carbocycles. The SMILES string of the molecule is CCCCc1ccc2c3c(C(N)=O)cccc3n(Cc3cc(F)cc(F)c3F)c2c1. The van der Waals surface area contributed by atoms with E-state index in [1.807, 2.05) is 18.2 Å². The first-order chi connectivity index (χ1) is 14.4. The quantitative estimate of drug-likeness (QED) is 0.407. The fourth-order valence-corrected chi connectivity index (χ4v) is 4.00. The molecule has 154 valence electrons. The molecule has 4 rings (SSSR count). The van der Waals surface area contributed by atoms with Crippen molar-refractivity contribution in [1.82, 2.24) is 4.57 Å². The summed E-state index contributed by atoms with van der Waals surface area (Å²) in [7, 11) is 0. The van der Waals surface area contributed by atoms with Crippen LogP contribution in [0.25, 0.3) is 21.8 Å². The van der Waals surface area contributed by atoms with Crippen LogP contribution in [0.4, 0.5) is 13.2 Å². The van der Waals surface area contributed by atoms with Crippen LogP contribution >= 0.6 is 0 Å². The van der Waals surface area contributed by atoms with Gasteiger partial charge in [-0.25, -0.2) is 13.2 Å². The predicted molar refractivity (Wildman–Crippen MR) is 112 cm³/mol. The van der Waals surface area contributed by atoms with Crippen molar-refractivity contribution in [2.45, 2.75) is 32.7 Å². The van der Waals surface area contributed by atoms with E-state index in [-0.39, 0.29) is 12.1 Å². The molecule has 4 aromatic rings. The average molecular weight is 410 g/mol. The second-order valence-electron chi connectivity index (χ2n) is 7.47. The van der Waals surface area contributed by atoms with E-state index in [0.29, 0.717) is 22.5 Å². The number of carbonyl (C=O) groups is 1. The van der Waals surface area contributed by atoms with Gasteiger partial charge < -0.3 is 10.3 Å². The van der Waals surface area contributed by atoms with Crippen molar-refractivity contribution in [3.63, 3.8) is 0 Å². The Morgan fingerprint density at radius 3 is 2.57 bits per heavy atom. The van der Waals surface area contributed by atoms with Crippen molar-refractivity contribution in [3.05, 3.63) is 82.7 Å². The lowest BCUT2D eigenvalue weighted by molar-refractivity contribution is 0.100. The van der Waals surface area contributed by atoms with Crippen LogP contribution in [0, 0.1) is 17.5 Å². The van der Waals surface area contributed by atoms with E-state index in [0.717, 1.165) is 41.8 Å². The summed E-state index contributed by atoms with van der Waals surface area (Å²) in [5.41, 5.74) is 8.34. The van der Waals surface area contributed by atoms with Gasteiger partial charge in [0.25, 0.3) is 0 Å². The van der Waals surface area contributed by atoms with Crippen LogP contribution in [0.2, 0.25) is 0 Å². The molecular formula is C24H21F3N2O. The fourth-order valence-electron chi connectivity index (χ4n) is 4.00. The van der Waals surface area contributed by atoms with Crippen LogP contribution in [0.3, 0.4) is 0 Å². The lowest BCUT2D eigenvalue weighted by atomic mass is 10.0. The number of primary amides is 1. The number of hydrogen-bond acceptors (Lipinski definition) is 1. The van der Waals surface area contributed by atoms with Gasteiger partial charge >= 0.3 is 0 Å². The predicted octanol–water partition coefficient (Wildman–Crippen LogP) is 5.70. The molecule has 2 N–H and O–H groups in total. The molecule has 0 saturated carbocycles. The number of amides is 1. The maximum atomic E-state index is 14.4. The number of aryl methyl sites for hydroxylation is 1. The van der Waals surface area contributed by atoms with Crippen LogP contribution in [0.15, 0.2) is 48.5 Å². The number of nitrogens with zero attached hydrogens (tertiary/aromatic N) is 1. The van der Waals surface area contributed by atoms with Gasteiger partial charge in [0.05, 0.1) is 12.1 Å². The molecule has 0 bridgehead atoms. The van der Waals surface area contributed by atoms with Gasteiger partial charge in [0.15, 0.2) is 11.6 Å². The Morgan fingerprint density at radius 2 is 1.83 bits per heavy atom. The standard InChI is InChI=1S/C24H21F3N2O/c1-2-3-5-14-8-9-17-21(10-14)29(13-15-11-16(25)12-19(26)23(15)27)20-7-4-6-18(22(17)20)24(28)30/h4,6-12H,2-3,5,13H2,1H3,(H2,28,30). The summed E-state index contributed by atoms with van der Waals surface area (Å²) in [6.07, 6.45) is 2.93. The van der Waals surface area contributed by atoms with Crippen LogP contribution < -0.4 is 5.73 Å². The Balaban J connectivity index is 2.00. The van der Waals surface area contributed by atoms with Gasteiger partial charge in [-0.3, -0.25) is 4.79 Å². The summed E-state index contributed by atoms with van der Waals surface area (Å²) >= 11 is 0. The van der Waals surface area contributed by atoms with Gasteiger partial charge in [-0.05, 0) is 42.7 Å². The Labute approximate surface area is 171 Å². The largest absolute Gasteiger partial charge is 0.366 e. The van der Waals surface area contributed by atoms with Crippen LogP contribution in [0.1, 0.15) is 41.3 Å². The molecule has 1 amide bonds. The monoisotopic (exact) mass is 410 g/mol. The zero-order valence-electron chi connectivity index (χ0n) is 16.5. The molecule has 0 unspecified atom stereocenters. The highest BCUT2D eigenvalue weighted by atomic mass is 19.2. The number of nitrogens with two attached hydrogens (primary N) is 1. The van der Waals surface area contributed by atoms with Crippen LogP contribution in [-0.2, 0) is 13.0 Å². The molecule has 0 fully saturated rings. The first-order valence-corrected chi connectivity index (χ1v) is 9.87. The van der Waals surface area contributed by atoms with E-state index in [1.54, 1.807) is 22.8 Å². The topological polar surface area (TPSA) is 48.0 Å². The first kappa shape index (κ1) is 20.0. The molecule has 0 aliphatic rings. The normalized spacial score (nSPS) is 11.5. The minimum Gasteiger partial charge on any atom is -0.366 e. The zero-order valence-corrected chi connectivity index (χ0v) is 16.5. The highest BCUT2D eigenvalue weighted by molar-refractivity contribution is 6.18. The maximum absolute atomic E-state index is 14.4. The smallest absolute Gasteiger partial charge is 0.249 e. The third-order valence-electron chi connectivity index (χ3n) is 5.44. The molecule has 6 heteroatoms. The highest BCUT2D eigenvalue weighted by Crippen LogP contribution is 2.33. The molecule has 0 aliphatic carbocycles. The number of hydrogen-bond donors (Lipinski definition) is 1. The number of benzene rings is 3. The van der Waals surface area contributed by atoms with E-state index >= 15 is 0 Å². The molecule has 3 nitrogen and oxygen atoms in total. The number of halogens is 3.